The number of hydrogen-bond acceptors (Lipinski definition) is 6. The zero-order valence-corrected chi connectivity index (χ0v) is 17.1. The van der Waals surface area contributed by atoms with Gasteiger partial charge in [-0.3, -0.25) is 23.6 Å². The normalized spacial score (nSPS) is 11.6. The average molecular weight is 406 g/mol. The molecule has 0 spiro atoms. The fourth-order valence-electron chi connectivity index (χ4n) is 2.78. The minimum Gasteiger partial charge on any atom is -0.318 e. The van der Waals surface area contributed by atoms with Gasteiger partial charge < -0.3 is 5.32 Å². The topological polar surface area (TPSA) is 129 Å². The Kier molecular flexibility index (Phi) is 4.98. The van der Waals surface area contributed by atoms with E-state index < -0.39 is 15.9 Å². The number of aryl methyl sites for hydroxylation is 4. The van der Waals surface area contributed by atoms with E-state index in [0.29, 0.717) is 17.9 Å². The van der Waals surface area contributed by atoms with Crippen LogP contribution in [-0.4, -0.2) is 43.7 Å². The maximum atomic E-state index is 12.9. The van der Waals surface area contributed by atoms with Crippen LogP contribution in [0.15, 0.2) is 23.5 Å². The summed E-state index contributed by atoms with van der Waals surface area (Å²) in [5, 5.41) is 15.0. The SMILES string of the molecule is CCn1ncc(NS(=O)(=O)c2cn(C)nc2C)c1C(=O)Nc1cnn(C)c1C. The summed E-state index contributed by atoms with van der Waals surface area (Å²) in [7, 11) is -0.538. The molecule has 28 heavy (non-hydrogen) atoms. The van der Waals surface area contributed by atoms with Crippen LogP contribution in [0.3, 0.4) is 0 Å². The van der Waals surface area contributed by atoms with E-state index in [9.17, 15) is 13.2 Å². The van der Waals surface area contributed by atoms with Crippen LogP contribution in [0.5, 0.6) is 0 Å². The number of nitrogens with one attached hydrogen (secondary N) is 2. The molecule has 0 radical (unpaired) electrons. The van der Waals surface area contributed by atoms with Gasteiger partial charge in [-0.1, -0.05) is 0 Å². The Hall–Kier alpha value is -3.15. The van der Waals surface area contributed by atoms with Gasteiger partial charge >= 0.3 is 0 Å². The molecule has 0 aliphatic rings. The van der Waals surface area contributed by atoms with E-state index in [0.717, 1.165) is 5.69 Å². The van der Waals surface area contributed by atoms with E-state index >= 15 is 0 Å². The van der Waals surface area contributed by atoms with Gasteiger partial charge in [0.25, 0.3) is 15.9 Å². The van der Waals surface area contributed by atoms with Crippen LogP contribution in [0, 0.1) is 13.8 Å². The largest absolute Gasteiger partial charge is 0.318 e. The van der Waals surface area contributed by atoms with Crippen molar-refractivity contribution in [1.29, 1.82) is 0 Å². The molecule has 12 heteroatoms. The molecule has 0 aliphatic heterocycles. The molecule has 3 heterocycles. The van der Waals surface area contributed by atoms with E-state index in [2.05, 4.69) is 25.3 Å². The van der Waals surface area contributed by atoms with Crippen molar-refractivity contribution in [3.63, 3.8) is 0 Å². The zero-order valence-electron chi connectivity index (χ0n) is 16.3. The predicted octanol–water partition coefficient (Wildman–Crippen LogP) is 1.04. The summed E-state index contributed by atoms with van der Waals surface area (Å²) in [6.45, 7) is 5.61. The van der Waals surface area contributed by atoms with Gasteiger partial charge in [-0.05, 0) is 20.8 Å². The van der Waals surface area contributed by atoms with Crippen molar-refractivity contribution in [2.24, 2.45) is 14.1 Å². The van der Waals surface area contributed by atoms with Crippen molar-refractivity contribution in [2.75, 3.05) is 10.0 Å². The van der Waals surface area contributed by atoms with Crippen LogP contribution in [0.2, 0.25) is 0 Å². The van der Waals surface area contributed by atoms with Gasteiger partial charge in [-0.25, -0.2) is 8.42 Å². The second-order valence-electron chi connectivity index (χ2n) is 6.30. The third-order valence-corrected chi connectivity index (χ3v) is 5.81. The molecule has 3 aromatic rings. The first kappa shape index (κ1) is 19.6. The number of rotatable bonds is 6. The molecule has 0 bridgehead atoms. The monoisotopic (exact) mass is 406 g/mol. The van der Waals surface area contributed by atoms with Crippen molar-refractivity contribution in [3.8, 4) is 0 Å². The van der Waals surface area contributed by atoms with Gasteiger partial charge in [0, 0.05) is 26.8 Å². The lowest BCUT2D eigenvalue weighted by Crippen LogP contribution is -2.21. The zero-order chi connectivity index (χ0) is 20.6. The summed E-state index contributed by atoms with van der Waals surface area (Å²) < 4.78 is 32.5. The van der Waals surface area contributed by atoms with Crippen molar-refractivity contribution in [1.82, 2.24) is 29.3 Å². The molecule has 1 amide bonds. The number of anilines is 2. The maximum Gasteiger partial charge on any atom is 0.276 e. The molecular weight excluding hydrogens is 384 g/mol. The highest BCUT2D eigenvalue weighted by Crippen LogP contribution is 2.23. The van der Waals surface area contributed by atoms with Crippen molar-refractivity contribution >= 4 is 27.3 Å². The van der Waals surface area contributed by atoms with Gasteiger partial charge in [0.15, 0.2) is 5.69 Å². The second-order valence-corrected chi connectivity index (χ2v) is 7.95. The van der Waals surface area contributed by atoms with Crippen molar-refractivity contribution in [2.45, 2.75) is 32.2 Å². The lowest BCUT2D eigenvalue weighted by atomic mass is 10.3. The highest BCUT2D eigenvalue weighted by Gasteiger charge is 2.26. The van der Waals surface area contributed by atoms with E-state index in [1.807, 2.05) is 13.8 Å². The summed E-state index contributed by atoms with van der Waals surface area (Å²) in [5.41, 5.74) is 1.85. The Labute approximate surface area is 162 Å². The molecule has 0 saturated heterocycles. The Bertz CT molecular complexity index is 1140. The van der Waals surface area contributed by atoms with Crippen molar-refractivity contribution < 1.29 is 13.2 Å². The third-order valence-electron chi connectivity index (χ3n) is 4.34. The van der Waals surface area contributed by atoms with Gasteiger partial charge in [-0.15, -0.1) is 0 Å². The molecule has 2 N–H and O–H groups in total. The van der Waals surface area contributed by atoms with Crippen LogP contribution in [-0.2, 0) is 30.7 Å². The lowest BCUT2D eigenvalue weighted by Gasteiger charge is -2.10. The number of sulfonamides is 1. The molecule has 0 saturated carbocycles. The summed E-state index contributed by atoms with van der Waals surface area (Å²) in [4.78, 5) is 12.9. The van der Waals surface area contributed by atoms with Crippen LogP contribution in [0.4, 0.5) is 11.4 Å². The summed E-state index contributed by atoms with van der Waals surface area (Å²) in [5.74, 6) is -0.490. The second kappa shape index (κ2) is 7.11. The molecule has 3 rings (SSSR count). The van der Waals surface area contributed by atoms with Crippen molar-refractivity contribution in [3.05, 3.63) is 35.7 Å². The quantitative estimate of drug-likeness (QED) is 0.629. The average Bonchev–Trinajstić information content (AvgIpc) is 3.27. The van der Waals surface area contributed by atoms with Crippen LogP contribution in [0.25, 0.3) is 0 Å². The van der Waals surface area contributed by atoms with Gasteiger partial charge in [-0.2, -0.15) is 15.3 Å². The number of aromatic nitrogens is 6. The standard InChI is InChI=1S/C16H22N8O3S/c1-6-24-15(16(25)19-12-7-17-23(5)11(12)3)13(8-18-24)21-28(26,27)14-9-22(4)20-10(14)2/h7-9,21H,6H2,1-5H3,(H,19,25). The summed E-state index contributed by atoms with van der Waals surface area (Å²) in [6, 6.07) is 0. The molecule has 0 unspecified atom stereocenters. The Morgan fingerprint density at radius 3 is 2.36 bits per heavy atom. The van der Waals surface area contributed by atoms with Gasteiger partial charge in [0.1, 0.15) is 4.90 Å². The number of hydrogen-bond donors (Lipinski definition) is 2. The molecule has 0 aromatic carbocycles. The van der Waals surface area contributed by atoms with E-state index in [1.54, 1.807) is 25.7 Å². The predicted molar refractivity (Wildman–Crippen MR) is 103 cm³/mol. The maximum absolute atomic E-state index is 12.9. The molecule has 0 atom stereocenters. The highest BCUT2D eigenvalue weighted by molar-refractivity contribution is 7.92. The molecule has 0 fully saturated rings. The number of carbonyl (C=O) groups excluding carboxylic acids is 1. The van der Waals surface area contributed by atoms with Gasteiger partial charge in [0.05, 0.1) is 35.2 Å². The summed E-state index contributed by atoms with van der Waals surface area (Å²) >= 11 is 0. The van der Waals surface area contributed by atoms with Crippen LogP contribution >= 0.6 is 0 Å². The Morgan fingerprint density at radius 2 is 1.82 bits per heavy atom. The Morgan fingerprint density at radius 1 is 1.14 bits per heavy atom. The molecule has 150 valence electrons. The first-order valence-electron chi connectivity index (χ1n) is 8.52. The van der Waals surface area contributed by atoms with Crippen LogP contribution < -0.4 is 10.0 Å². The first-order chi connectivity index (χ1) is 13.1. The van der Waals surface area contributed by atoms with E-state index in [4.69, 9.17) is 0 Å². The molecule has 0 aliphatic carbocycles. The lowest BCUT2D eigenvalue weighted by molar-refractivity contribution is 0.101. The highest BCUT2D eigenvalue weighted by atomic mass is 32.2. The fourth-order valence-corrected chi connectivity index (χ4v) is 4.05. The number of nitrogens with zero attached hydrogens (tertiary/aromatic N) is 6. The minimum atomic E-state index is -3.93. The number of carbonyl (C=O) groups is 1. The molecular formula is C16H22N8O3S. The van der Waals surface area contributed by atoms with E-state index in [1.165, 1.54) is 28.0 Å². The Balaban J connectivity index is 1.95. The summed E-state index contributed by atoms with van der Waals surface area (Å²) in [6.07, 6.45) is 4.25. The number of amides is 1. The van der Waals surface area contributed by atoms with Gasteiger partial charge in [0.2, 0.25) is 0 Å². The fraction of sp³-hybridized carbons (Fsp3) is 0.375. The minimum absolute atomic E-state index is 0.0358. The molecule has 3 aromatic heterocycles. The third kappa shape index (κ3) is 3.50. The van der Waals surface area contributed by atoms with Crippen LogP contribution in [0.1, 0.15) is 28.8 Å². The molecule has 11 nitrogen and oxygen atoms in total. The first-order valence-corrected chi connectivity index (χ1v) is 10.0. The van der Waals surface area contributed by atoms with E-state index in [-0.39, 0.29) is 16.3 Å². The smallest absolute Gasteiger partial charge is 0.276 e.